The lowest BCUT2D eigenvalue weighted by Crippen LogP contribution is -2.49. The number of nitrogens with zero attached hydrogens (tertiary/aromatic N) is 1. The number of rotatable bonds is 8. The summed E-state index contributed by atoms with van der Waals surface area (Å²) in [4.78, 5) is 27.5. The molecule has 1 aliphatic heterocycles. The zero-order valence-corrected chi connectivity index (χ0v) is 16.7. The Morgan fingerprint density at radius 1 is 1.23 bits per heavy atom. The maximum absolute atomic E-state index is 12.7. The van der Waals surface area contributed by atoms with Gasteiger partial charge in [0.25, 0.3) is 0 Å². The van der Waals surface area contributed by atoms with E-state index in [9.17, 15) is 9.59 Å². The van der Waals surface area contributed by atoms with Gasteiger partial charge in [0.15, 0.2) is 0 Å². The van der Waals surface area contributed by atoms with E-state index < -0.39 is 0 Å². The minimum Gasteiger partial charge on any atom is -0.354 e. The van der Waals surface area contributed by atoms with E-state index in [2.05, 4.69) is 37.4 Å². The lowest BCUT2D eigenvalue weighted by Gasteiger charge is -2.36. The van der Waals surface area contributed by atoms with Gasteiger partial charge in [0.05, 0.1) is 0 Å². The molecular formula is C20H31N3O2S. The lowest BCUT2D eigenvalue weighted by atomic mass is 10.0. The highest BCUT2D eigenvalue weighted by Gasteiger charge is 2.26. The number of hydrogen-bond donors (Lipinski definition) is 2. The monoisotopic (exact) mass is 377 g/mol. The number of aryl methyl sites for hydroxylation is 2. The summed E-state index contributed by atoms with van der Waals surface area (Å²) in [5, 5.41) is 2.91. The van der Waals surface area contributed by atoms with Crippen molar-refractivity contribution in [2.75, 3.05) is 25.4 Å². The summed E-state index contributed by atoms with van der Waals surface area (Å²) in [5.74, 6) is 0.944. The summed E-state index contributed by atoms with van der Waals surface area (Å²) < 4.78 is 0. The van der Waals surface area contributed by atoms with Crippen LogP contribution in [0.15, 0.2) is 23.1 Å². The largest absolute Gasteiger partial charge is 0.354 e. The molecular weight excluding hydrogens is 346 g/mol. The minimum absolute atomic E-state index is 0.0317. The summed E-state index contributed by atoms with van der Waals surface area (Å²) in [5.41, 5.74) is 7.98. The van der Waals surface area contributed by atoms with Crippen LogP contribution in [-0.4, -0.2) is 48.1 Å². The quantitative estimate of drug-likeness (QED) is 0.683. The van der Waals surface area contributed by atoms with Crippen LogP contribution in [0.4, 0.5) is 0 Å². The van der Waals surface area contributed by atoms with Crippen molar-refractivity contribution in [2.24, 2.45) is 5.73 Å². The van der Waals surface area contributed by atoms with Gasteiger partial charge in [-0.1, -0.05) is 6.07 Å². The first-order chi connectivity index (χ1) is 12.5. The third-order valence-electron chi connectivity index (χ3n) is 4.92. The van der Waals surface area contributed by atoms with E-state index in [1.807, 2.05) is 4.90 Å². The Kier molecular flexibility index (Phi) is 8.45. The number of nitrogens with two attached hydrogens (primary N) is 1. The second-order valence-electron chi connectivity index (χ2n) is 6.92. The number of carbonyl (C=O) groups is 2. The molecule has 1 aliphatic rings. The van der Waals surface area contributed by atoms with Crippen LogP contribution in [0, 0.1) is 13.8 Å². The molecule has 0 aliphatic carbocycles. The maximum atomic E-state index is 12.7. The number of benzene rings is 1. The first-order valence-electron chi connectivity index (χ1n) is 9.47. The van der Waals surface area contributed by atoms with Crippen LogP contribution >= 0.6 is 11.8 Å². The topological polar surface area (TPSA) is 75.4 Å². The molecule has 1 saturated heterocycles. The molecule has 1 atom stereocenters. The smallest absolute Gasteiger partial charge is 0.223 e. The van der Waals surface area contributed by atoms with Gasteiger partial charge in [-0.05, 0) is 56.4 Å². The summed E-state index contributed by atoms with van der Waals surface area (Å²) in [6.45, 7) is 5.91. The molecule has 26 heavy (non-hydrogen) atoms. The molecule has 144 valence electrons. The normalized spacial score (nSPS) is 17.2. The standard InChI is InChI=1S/C20H31N3O2S/c1-15-6-7-18(13-16(15)2)26-12-9-20(25)23-11-4-3-5-17(23)14-22-19(24)8-10-21/h6-7,13,17H,3-5,8-12,14,21H2,1-2H3,(H,22,24). The number of likely N-dealkylation sites (tertiary alicyclic amines) is 1. The highest BCUT2D eigenvalue weighted by atomic mass is 32.2. The summed E-state index contributed by atoms with van der Waals surface area (Å²) in [6, 6.07) is 6.55. The van der Waals surface area contributed by atoms with Crippen LogP contribution in [0.2, 0.25) is 0 Å². The van der Waals surface area contributed by atoms with Crippen molar-refractivity contribution in [3.8, 4) is 0 Å². The molecule has 1 aromatic rings. The van der Waals surface area contributed by atoms with Gasteiger partial charge in [0.2, 0.25) is 11.8 Å². The van der Waals surface area contributed by atoms with Gasteiger partial charge in [0.1, 0.15) is 0 Å². The van der Waals surface area contributed by atoms with Gasteiger partial charge in [-0.15, -0.1) is 11.8 Å². The van der Waals surface area contributed by atoms with Crippen LogP contribution in [-0.2, 0) is 9.59 Å². The summed E-state index contributed by atoms with van der Waals surface area (Å²) in [7, 11) is 0. The second kappa shape index (κ2) is 10.6. The summed E-state index contributed by atoms with van der Waals surface area (Å²) >= 11 is 1.73. The van der Waals surface area contributed by atoms with Gasteiger partial charge in [-0.3, -0.25) is 9.59 Å². The van der Waals surface area contributed by atoms with Crippen LogP contribution in [0.5, 0.6) is 0 Å². The average molecular weight is 378 g/mol. The van der Waals surface area contributed by atoms with E-state index in [0.717, 1.165) is 31.6 Å². The number of piperidine rings is 1. The molecule has 5 nitrogen and oxygen atoms in total. The molecule has 0 bridgehead atoms. The van der Waals surface area contributed by atoms with Gasteiger partial charge in [-0.25, -0.2) is 0 Å². The second-order valence-corrected chi connectivity index (χ2v) is 8.09. The predicted octanol–water partition coefficient (Wildman–Crippen LogP) is 2.63. The third-order valence-corrected chi connectivity index (χ3v) is 5.91. The van der Waals surface area contributed by atoms with Crippen LogP contribution in [0.1, 0.15) is 43.2 Å². The lowest BCUT2D eigenvalue weighted by molar-refractivity contribution is -0.135. The van der Waals surface area contributed by atoms with Crippen molar-refractivity contribution in [2.45, 2.75) is 56.9 Å². The molecule has 1 aromatic carbocycles. The fourth-order valence-corrected chi connectivity index (χ4v) is 4.13. The van der Waals surface area contributed by atoms with Crippen molar-refractivity contribution in [1.82, 2.24) is 10.2 Å². The number of carbonyl (C=O) groups excluding carboxylic acids is 2. The Morgan fingerprint density at radius 2 is 2.04 bits per heavy atom. The average Bonchev–Trinajstić information content (AvgIpc) is 2.63. The fourth-order valence-electron chi connectivity index (χ4n) is 3.20. The van der Waals surface area contributed by atoms with E-state index in [1.165, 1.54) is 16.0 Å². The van der Waals surface area contributed by atoms with Crippen molar-refractivity contribution in [3.63, 3.8) is 0 Å². The van der Waals surface area contributed by atoms with E-state index >= 15 is 0 Å². The van der Waals surface area contributed by atoms with E-state index in [1.54, 1.807) is 11.8 Å². The zero-order chi connectivity index (χ0) is 18.9. The number of thioether (sulfide) groups is 1. The Labute approximate surface area is 161 Å². The van der Waals surface area contributed by atoms with Gasteiger partial charge in [-0.2, -0.15) is 0 Å². The van der Waals surface area contributed by atoms with E-state index in [4.69, 9.17) is 5.73 Å². The molecule has 0 radical (unpaired) electrons. The fraction of sp³-hybridized carbons (Fsp3) is 0.600. The van der Waals surface area contributed by atoms with E-state index in [-0.39, 0.29) is 17.9 Å². The molecule has 0 aromatic heterocycles. The first-order valence-corrected chi connectivity index (χ1v) is 10.5. The Morgan fingerprint density at radius 3 is 2.77 bits per heavy atom. The minimum atomic E-state index is -0.0317. The first kappa shape index (κ1) is 20.8. The van der Waals surface area contributed by atoms with Gasteiger partial charge >= 0.3 is 0 Å². The Balaban J connectivity index is 1.81. The molecule has 6 heteroatoms. The molecule has 2 amide bonds. The highest BCUT2D eigenvalue weighted by molar-refractivity contribution is 7.99. The van der Waals surface area contributed by atoms with Gasteiger partial charge < -0.3 is 16.0 Å². The number of amides is 2. The highest BCUT2D eigenvalue weighted by Crippen LogP contribution is 2.23. The molecule has 1 unspecified atom stereocenters. The van der Waals surface area contributed by atoms with Crippen LogP contribution in [0.25, 0.3) is 0 Å². The third kappa shape index (κ3) is 6.32. The molecule has 3 N–H and O–H groups in total. The van der Waals surface area contributed by atoms with Gasteiger partial charge in [0, 0.05) is 49.2 Å². The van der Waals surface area contributed by atoms with Crippen LogP contribution < -0.4 is 11.1 Å². The Bertz CT molecular complexity index is 621. The molecule has 0 spiro atoms. The number of nitrogens with one attached hydrogen (secondary N) is 1. The molecule has 1 heterocycles. The van der Waals surface area contributed by atoms with Crippen molar-refractivity contribution >= 4 is 23.6 Å². The molecule has 1 fully saturated rings. The van der Waals surface area contributed by atoms with Crippen molar-refractivity contribution in [1.29, 1.82) is 0 Å². The number of hydrogen-bond acceptors (Lipinski definition) is 4. The predicted molar refractivity (Wildman–Crippen MR) is 107 cm³/mol. The Hall–Kier alpha value is -1.53. The van der Waals surface area contributed by atoms with Crippen molar-refractivity contribution < 1.29 is 9.59 Å². The SMILES string of the molecule is Cc1ccc(SCCC(=O)N2CCCCC2CNC(=O)CCN)cc1C. The molecule has 0 saturated carbocycles. The molecule has 2 rings (SSSR count). The zero-order valence-electron chi connectivity index (χ0n) is 15.9. The van der Waals surface area contributed by atoms with E-state index in [0.29, 0.717) is 25.9 Å². The maximum Gasteiger partial charge on any atom is 0.223 e. The summed E-state index contributed by atoms with van der Waals surface area (Å²) in [6.07, 6.45) is 3.99. The van der Waals surface area contributed by atoms with Crippen molar-refractivity contribution in [3.05, 3.63) is 29.3 Å². The van der Waals surface area contributed by atoms with Crippen LogP contribution in [0.3, 0.4) is 0 Å².